The minimum atomic E-state index is -0.227. The minimum absolute atomic E-state index is 0.0938. The molecule has 0 fully saturated rings. The summed E-state index contributed by atoms with van der Waals surface area (Å²) in [5.74, 6) is -0.133. The zero-order valence-electron chi connectivity index (χ0n) is 9.67. The summed E-state index contributed by atoms with van der Waals surface area (Å²) in [7, 11) is 0. The van der Waals surface area contributed by atoms with E-state index in [0.29, 0.717) is 23.4 Å². The van der Waals surface area contributed by atoms with Crippen LogP contribution in [-0.4, -0.2) is 32.6 Å². The normalized spacial score (nSPS) is 13.4. The van der Waals surface area contributed by atoms with E-state index in [1.54, 1.807) is 6.92 Å². The Kier molecular flexibility index (Phi) is 4.83. The van der Waals surface area contributed by atoms with Crippen molar-refractivity contribution in [2.75, 3.05) is 0 Å². The second kappa shape index (κ2) is 6.14. The molecule has 1 aromatic rings. The fraction of sp³-hybridized carbons (Fsp3) is 0.556. The average Bonchev–Trinajstić information content (AvgIpc) is 2.74. The third kappa shape index (κ3) is 3.66. The lowest BCUT2D eigenvalue weighted by atomic mass is 10.1. The number of hydrogen-bond acceptors (Lipinski definition) is 6. The van der Waals surface area contributed by atoms with Gasteiger partial charge in [0.05, 0.1) is 5.69 Å². The molecule has 0 aliphatic rings. The van der Waals surface area contributed by atoms with Crippen molar-refractivity contribution in [3.8, 4) is 0 Å². The molecule has 0 aliphatic carbocycles. The number of oxime groups is 1. The van der Waals surface area contributed by atoms with Crippen LogP contribution in [0, 0.1) is 6.92 Å². The first-order chi connectivity index (χ1) is 8.08. The van der Waals surface area contributed by atoms with E-state index >= 15 is 0 Å². The fourth-order valence-electron chi connectivity index (χ4n) is 1.28. The van der Waals surface area contributed by atoms with Crippen LogP contribution in [0.1, 0.15) is 35.1 Å². The van der Waals surface area contributed by atoms with Crippen molar-refractivity contribution >= 4 is 23.3 Å². The van der Waals surface area contributed by atoms with E-state index in [2.05, 4.69) is 20.1 Å². The van der Waals surface area contributed by atoms with Crippen molar-refractivity contribution < 1.29 is 10.0 Å². The Labute approximate surface area is 103 Å². The fourth-order valence-corrected chi connectivity index (χ4v) is 1.84. The number of rotatable bonds is 5. The lowest BCUT2D eigenvalue weighted by Crippen LogP contribution is -2.37. The predicted octanol–water partition coefficient (Wildman–Crippen LogP) is 0.491. The molecule has 7 nitrogen and oxygen atoms in total. The average molecular weight is 257 g/mol. The van der Waals surface area contributed by atoms with Gasteiger partial charge in [0.25, 0.3) is 5.91 Å². The summed E-state index contributed by atoms with van der Waals surface area (Å²) < 4.78 is 3.70. The number of amides is 1. The van der Waals surface area contributed by atoms with Crippen LogP contribution >= 0.6 is 11.5 Å². The molecule has 1 aromatic heterocycles. The molecule has 1 heterocycles. The maximum absolute atomic E-state index is 11.8. The Bertz CT molecular complexity index is 417. The Morgan fingerprint density at radius 1 is 1.71 bits per heavy atom. The van der Waals surface area contributed by atoms with Crippen LogP contribution in [0.3, 0.4) is 0 Å². The highest BCUT2D eigenvalue weighted by atomic mass is 32.1. The van der Waals surface area contributed by atoms with Crippen molar-refractivity contribution in [1.29, 1.82) is 0 Å². The summed E-state index contributed by atoms with van der Waals surface area (Å²) in [6.45, 7) is 3.64. The Hall–Kier alpha value is -1.70. The number of nitrogens with one attached hydrogen (secondary N) is 1. The van der Waals surface area contributed by atoms with Gasteiger partial charge in [-0.15, -0.1) is 5.10 Å². The number of aromatic nitrogens is 2. The van der Waals surface area contributed by atoms with Gasteiger partial charge >= 0.3 is 0 Å². The van der Waals surface area contributed by atoms with Crippen LogP contribution in [0.25, 0.3) is 0 Å². The number of carbonyl (C=O) groups is 1. The molecule has 0 radical (unpaired) electrons. The highest BCUT2D eigenvalue weighted by Crippen LogP contribution is 2.10. The van der Waals surface area contributed by atoms with Crippen LogP contribution in [0.2, 0.25) is 0 Å². The van der Waals surface area contributed by atoms with Crippen LogP contribution in [0.15, 0.2) is 5.16 Å². The second-order valence-corrected chi connectivity index (χ2v) is 4.32. The van der Waals surface area contributed by atoms with Gasteiger partial charge in [0.1, 0.15) is 10.7 Å². The largest absolute Gasteiger partial charge is 0.409 e. The summed E-state index contributed by atoms with van der Waals surface area (Å²) in [5.41, 5.74) is 6.00. The number of aryl methyl sites for hydroxylation is 1. The minimum Gasteiger partial charge on any atom is -0.409 e. The number of amidine groups is 1. The molecule has 4 N–H and O–H groups in total. The molecule has 94 valence electrons. The summed E-state index contributed by atoms with van der Waals surface area (Å²) in [6.07, 6.45) is 0.997. The van der Waals surface area contributed by atoms with Crippen molar-refractivity contribution in [2.24, 2.45) is 10.9 Å². The van der Waals surface area contributed by atoms with E-state index in [1.165, 1.54) is 0 Å². The topological polar surface area (TPSA) is 113 Å². The lowest BCUT2D eigenvalue weighted by molar-refractivity contribution is 0.0940. The van der Waals surface area contributed by atoms with Crippen molar-refractivity contribution in [3.63, 3.8) is 0 Å². The molecular formula is C9H15N5O2S. The molecule has 1 atom stereocenters. The van der Waals surface area contributed by atoms with Crippen molar-refractivity contribution in [3.05, 3.63) is 10.6 Å². The van der Waals surface area contributed by atoms with Crippen molar-refractivity contribution in [1.82, 2.24) is 14.9 Å². The van der Waals surface area contributed by atoms with E-state index in [9.17, 15) is 4.79 Å². The molecule has 1 rings (SSSR count). The highest BCUT2D eigenvalue weighted by molar-refractivity contribution is 7.08. The number of nitrogens with zero attached hydrogens (tertiary/aromatic N) is 3. The van der Waals surface area contributed by atoms with Gasteiger partial charge in [0, 0.05) is 12.5 Å². The smallest absolute Gasteiger partial charge is 0.265 e. The molecule has 0 saturated carbocycles. The van der Waals surface area contributed by atoms with E-state index in [-0.39, 0.29) is 17.8 Å². The van der Waals surface area contributed by atoms with Gasteiger partial charge in [-0.25, -0.2) is 0 Å². The molecule has 0 aromatic carbocycles. The van der Waals surface area contributed by atoms with Gasteiger partial charge in [-0.3, -0.25) is 4.79 Å². The van der Waals surface area contributed by atoms with Gasteiger partial charge < -0.3 is 16.3 Å². The summed E-state index contributed by atoms with van der Waals surface area (Å²) in [4.78, 5) is 12.3. The zero-order chi connectivity index (χ0) is 12.8. The molecule has 0 bridgehead atoms. The quantitative estimate of drug-likeness (QED) is 0.307. The number of carbonyl (C=O) groups excluding carboxylic acids is 1. The predicted molar refractivity (Wildman–Crippen MR) is 64.2 cm³/mol. The third-order valence-corrected chi connectivity index (χ3v) is 3.10. The Morgan fingerprint density at radius 3 is 2.88 bits per heavy atom. The van der Waals surface area contributed by atoms with E-state index in [0.717, 1.165) is 11.5 Å². The maximum Gasteiger partial charge on any atom is 0.265 e. The summed E-state index contributed by atoms with van der Waals surface area (Å²) in [6, 6.07) is -0.167. The molecule has 1 unspecified atom stereocenters. The SMILES string of the molecule is CCC(CC(N)=NO)NC(=O)c1snnc1C. The van der Waals surface area contributed by atoms with E-state index in [1.807, 2.05) is 6.92 Å². The molecule has 1 amide bonds. The van der Waals surface area contributed by atoms with Crippen LogP contribution < -0.4 is 11.1 Å². The highest BCUT2D eigenvalue weighted by Gasteiger charge is 2.17. The van der Waals surface area contributed by atoms with Gasteiger partial charge in [-0.2, -0.15) is 0 Å². The molecule has 0 spiro atoms. The molecule has 17 heavy (non-hydrogen) atoms. The van der Waals surface area contributed by atoms with Gasteiger partial charge in [0.15, 0.2) is 0 Å². The van der Waals surface area contributed by atoms with Gasteiger partial charge in [0.2, 0.25) is 0 Å². The lowest BCUT2D eigenvalue weighted by Gasteiger charge is -2.15. The second-order valence-electron chi connectivity index (χ2n) is 3.56. The number of hydrogen-bond donors (Lipinski definition) is 3. The number of nitrogens with two attached hydrogens (primary N) is 1. The molecule has 0 saturated heterocycles. The maximum atomic E-state index is 11.8. The van der Waals surface area contributed by atoms with Crippen molar-refractivity contribution in [2.45, 2.75) is 32.7 Å². The van der Waals surface area contributed by atoms with Crippen LogP contribution in [0.4, 0.5) is 0 Å². The van der Waals surface area contributed by atoms with E-state index in [4.69, 9.17) is 10.9 Å². The molecule has 8 heteroatoms. The Morgan fingerprint density at radius 2 is 2.41 bits per heavy atom. The Balaban J connectivity index is 2.63. The monoisotopic (exact) mass is 257 g/mol. The zero-order valence-corrected chi connectivity index (χ0v) is 10.5. The first-order valence-corrected chi connectivity index (χ1v) is 5.92. The van der Waals surface area contributed by atoms with Gasteiger partial charge in [-0.1, -0.05) is 16.6 Å². The standard InChI is InChI=1S/C9H15N5O2S/c1-3-6(4-7(10)13-16)11-9(15)8-5(2)12-14-17-8/h6,16H,3-4H2,1-2H3,(H2,10,13)(H,11,15). The van der Waals surface area contributed by atoms with Crippen LogP contribution in [0.5, 0.6) is 0 Å². The summed E-state index contributed by atoms with van der Waals surface area (Å²) >= 11 is 1.05. The first kappa shape index (κ1) is 13.4. The third-order valence-electron chi connectivity index (χ3n) is 2.27. The first-order valence-electron chi connectivity index (χ1n) is 5.14. The van der Waals surface area contributed by atoms with Gasteiger partial charge in [-0.05, 0) is 24.9 Å². The summed E-state index contributed by atoms with van der Waals surface area (Å²) in [5, 5.41) is 17.9. The van der Waals surface area contributed by atoms with E-state index < -0.39 is 0 Å². The molecule has 0 aliphatic heterocycles. The molecular weight excluding hydrogens is 242 g/mol. The van der Waals surface area contributed by atoms with Crippen LogP contribution in [-0.2, 0) is 0 Å².